The van der Waals surface area contributed by atoms with Crippen LogP contribution in [-0.4, -0.2) is 26.7 Å². The molecule has 0 aliphatic carbocycles. The SMILES string of the molecule is COc1ccc(CCNC(=O)c2cc(Cl)ccc2I)cc1OC. The van der Waals surface area contributed by atoms with Gasteiger partial charge in [0, 0.05) is 15.1 Å². The van der Waals surface area contributed by atoms with Crippen molar-refractivity contribution < 1.29 is 14.3 Å². The second-order valence-electron chi connectivity index (χ2n) is 4.82. The van der Waals surface area contributed by atoms with Crippen molar-refractivity contribution >= 4 is 40.1 Å². The van der Waals surface area contributed by atoms with E-state index in [-0.39, 0.29) is 5.91 Å². The summed E-state index contributed by atoms with van der Waals surface area (Å²) in [6, 6.07) is 11.0. The second-order valence-corrected chi connectivity index (χ2v) is 6.42. The van der Waals surface area contributed by atoms with E-state index in [1.54, 1.807) is 26.4 Å². The molecule has 6 heteroatoms. The van der Waals surface area contributed by atoms with Crippen molar-refractivity contribution in [3.8, 4) is 11.5 Å². The van der Waals surface area contributed by atoms with Gasteiger partial charge >= 0.3 is 0 Å². The smallest absolute Gasteiger partial charge is 0.252 e. The largest absolute Gasteiger partial charge is 0.493 e. The molecule has 0 fully saturated rings. The van der Waals surface area contributed by atoms with Gasteiger partial charge in [-0.1, -0.05) is 17.7 Å². The zero-order chi connectivity index (χ0) is 16.8. The average Bonchev–Trinajstić information content (AvgIpc) is 2.56. The zero-order valence-electron chi connectivity index (χ0n) is 12.9. The molecule has 4 nitrogen and oxygen atoms in total. The van der Waals surface area contributed by atoms with Crippen LogP contribution in [0.4, 0.5) is 0 Å². The van der Waals surface area contributed by atoms with Crippen LogP contribution in [0.1, 0.15) is 15.9 Å². The first-order valence-electron chi connectivity index (χ1n) is 6.99. The third kappa shape index (κ3) is 4.75. The number of hydrogen-bond donors (Lipinski definition) is 1. The van der Waals surface area contributed by atoms with Gasteiger partial charge in [-0.05, 0) is 64.9 Å². The Bertz CT molecular complexity index is 706. The molecule has 0 aliphatic heterocycles. The van der Waals surface area contributed by atoms with E-state index in [1.165, 1.54) is 0 Å². The van der Waals surface area contributed by atoms with Crippen molar-refractivity contribution in [1.82, 2.24) is 5.32 Å². The molecule has 0 radical (unpaired) electrons. The summed E-state index contributed by atoms with van der Waals surface area (Å²) in [5.74, 6) is 1.24. The lowest BCUT2D eigenvalue weighted by Crippen LogP contribution is -2.26. The van der Waals surface area contributed by atoms with Gasteiger partial charge in [0.15, 0.2) is 11.5 Å². The van der Waals surface area contributed by atoms with Gasteiger partial charge in [0.2, 0.25) is 0 Å². The number of amides is 1. The Morgan fingerprint density at radius 2 is 1.87 bits per heavy atom. The number of benzene rings is 2. The summed E-state index contributed by atoms with van der Waals surface area (Å²) < 4.78 is 11.4. The molecule has 122 valence electrons. The Morgan fingerprint density at radius 1 is 1.13 bits per heavy atom. The third-order valence-corrected chi connectivity index (χ3v) is 4.50. The van der Waals surface area contributed by atoms with Crippen LogP contribution in [0.5, 0.6) is 11.5 Å². The number of carbonyl (C=O) groups is 1. The lowest BCUT2D eigenvalue weighted by atomic mass is 10.1. The van der Waals surface area contributed by atoms with E-state index >= 15 is 0 Å². The quantitative estimate of drug-likeness (QED) is 0.685. The van der Waals surface area contributed by atoms with Gasteiger partial charge in [0.05, 0.1) is 19.8 Å². The molecule has 0 aliphatic rings. The molecule has 0 aromatic heterocycles. The number of methoxy groups -OCH3 is 2. The van der Waals surface area contributed by atoms with Crippen molar-refractivity contribution in [2.45, 2.75) is 6.42 Å². The molecule has 0 bridgehead atoms. The molecule has 2 aromatic carbocycles. The van der Waals surface area contributed by atoms with Crippen LogP contribution in [-0.2, 0) is 6.42 Å². The van der Waals surface area contributed by atoms with Crippen LogP contribution in [0.15, 0.2) is 36.4 Å². The minimum Gasteiger partial charge on any atom is -0.493 e. The first-order valence-corrected chi connectivity index (χ1v) is 8.45. The summed E-state index contributed by atoms with van der Waals surface area (Å²) in [5.41, 5.74) is 1.65. The van der Waals surface area contributed by atoms with Gasteiger partial charge in [-0.25, -0.2) is 0 Å². The van der Waals surface area contributed by atoms with Crippen LogP contribution in [0.25, 0.3) is 0 Å². The van der Waals surface area contributed by atoms with Crippen LogP contribution < -0.4 is 14.8 Å². The molecular formula is C17H17ClINO3. The molecule has 0 heterocycles. The van der Waals surface area contributed by atoms with Crippen LogP contribution >= 0.6 is 34.2 Å². The highest BCUT2D eigenvalue weighted by molar-refractivity contribution is 14.1. The molecule has 2 rings (SSSR count). The predicted octanol–water partition coefficient (Wildman–Crippen LogP) is 3.93. The molecule has 1 N–H and O–H groups in total. The molecule has 2 aromatic rings. The van der Waals surface area contributed by atoms with Gasteiger partial charge < -0.3 is 14.8 Å². The average molecular weight is 446 g/mol. The number of halogens is 2. The number of rotatable bonds is 6. The molecule has 1 amide bonds. The normalized spacial score (nSPS) is 10.3. The highest BCUT2D eigenvalue weighted by Crippen LogP contribution is 2.27. The van der Waals surface area contributed by atoms with Crippen molar-refractivity contribution in [2.24, 2.45) is 0 Å². The fourth-order valence-electron chi connectivity index (χ4n) is 2.12. The third-order valence-electron chi connectivity index (χ3n) is 3.32. The van der Waals surface area contributed by atoms with E-state index in [4.69, 9.17) is 21.1 Å². The summed E-state index contributed by atoms with van der Waals surface area (Å²) in [5, 5.41) is 3.46. The number of hydrogen-bond acceptors (Lipinski definition) is 3. The highest BCUT2D eigenvalue weighted by Gasteiger charge is 2.10. The fourth-order valence-corrected chi connectivity index (χ4v) is 2.88. The van der Waals surface area contributed by atoms with E-state index in [0.717, 1.165) is 9.13 Å². The zero-order valence-corrected chi connectivity index (χ0v) is 15.8. The molecule has 23 heavy (non-hydrogen) atoms. The molecular weight excluding hydrogens is 429 g/mol. The summed E-state index contributed by atoms with van der Waals surface area (Å²) in [4.78, 5) is 12.2. The highest BCUT2D eigenvalue weighted by atomic mass is 127. The van der Waals surface area contributed by atoms with Crippen LogP contribution in [0.3, 0.4) is 0 Å². The predicted molar refractivity (Wildman–Crippen MR) is 99.8 cm³/mol. The summed E-state index contributed by atoms with van der Waals surface area (Å²) in [6.07, 6.45) is 0.698. The Kier molecular flexibility index (Phi) is 6.53. The number of nitrogens with one attached hydrogen (secondary N) is 1. The summed E-state index contributed by atoms with van der Waals surface area (Å²) in [7, 11) is 3.20. The minimum absolute atomic E-state index is 0.127. The van der Waals surface area contributed by atoms with Crippen molar-refractivity contribution in [1.29, 1.82) is 0 Å². The first-order chi connectivity index (χ1) is 11.0. The molecule has 0 atom stereocenters. The maximum Gasteiger partial charge on any atom is 0.252 e. The van der Waals surface area contributed by atoms with E-state index < -0.39 is 0 Å². The van der Waals surface area contributed by atoms with Gasteiger partial charge in [-0.3, -0.25) is 4.79 Å². The van der Waals surface area contributed by atoms with Gasteiger partial charge in [0.25, 0.3) is 5.91 Å². The molecule has 0 saturated carbocycles. The maximum atomic E-state index is 12.2. The maximum absolute atomic E-state index is 12.2. The van der Waals surface area contributed by atoms with Crippen LogP contribution in [0, 0.1) is 3.57 Å². The van der Waals surface area contributed by atoms with E-state index in [2.05, 4.69) is 27.9 Å². The van der Waals surface area contributed by atoms with E-state index in [9.17, 15) is 4.79 Å². The topological polar surface area (TPSA) is 47.6 Å². The first kappa shape index (κ1) is 17.9. The van der Waals surface area contributed by atoms with Gasteiger partial charge in [0.1, 0.15) is 0 Å². The van der Waals surface area contributed by atoms with Crippen LogP contribution in [0.2, 0.25) is 5.02 Å². The second kappa shape index (κ2) is 8.40. The van der Waals surface area contributed by atoms with Gasteiger partial charge in [-0.2, -0.15) is 0 Å². The molecule has 0 saturated heterocycles. The summed E-state index contributed by atoms with van der Waals surface area (Å²) in [6.45, 7) is 0.525. The molecule has 0 unspecified atom stereocenters. The molecule has 0 spiro atoms. The Labute approximate surface area is 154 Å². The van der Waals surface area contributed by atoms with E-state index in [1.807, 2.05) is 24.3 Å². The van der Waals surface area contributed by atoms with Crippen molar-refractivity contribution in [2.75, 3.05) is 20.8 Å². The Hall–Kier alpha value is -1.47. The number of carbonyl (C=O) groups excluding carboxylic acids is 1. The monoisotopic (exact) mass is 445 g/mol. The Balaban J connectivity index is 1.97. The Morgan fingerprint density at radius 3 is 2.57 bits per heavy atom. The lowest BCUT2D eigenvalue weighted by Gasteiger charge is -2.10. The standard InChI is InChI=1S/C17H17ClINO3/c1-22-15-6-3-11(9-16(15)23-2)7-8-20-17(21)13-10-12(18)4-5-14(13)19/h3-6,9-10H,7-8H2,1-2H3,(H,20,21). The lowest BCUT2D eigenvalue weighted by molar-refractivity contribution is 0.0953. The minimum atomic E-state index is -0.127. The summed E-state index contributed by atoms with van der Waals surface area (Å²) >= 11 is 8.07. The number of ether oxygens (including phenoxy) is 2. The van der Waals surface area contributed by atoms with E-state index in [0.29, 0.717) is 35.1 Å². The van der Waals surface area contributed by atoms with Crippen molar-refractivity contribution in [3.63, 3.8) is 0 Å². The van der Waals surface area contributed by atoms with Crippen molar-refractivity contribution in [3.05, 3.63) is 56.1 Å². The van der Waals surface area contributed by atoms with Gasteiger partial charge in [-0.15, -0.1) is 0 Å². The fraction of sp³-hybridized carbons (Fsp3) is 0.235.